The second kappa shape index (κ2) is 5.69. The van der Waals surface area contributed by atoms with E-state index in [9.17, 15) is 22.8 Å². The van der Waals surface area contributed by atoms with Crippen LogP contribution in [0.2, 0.25) is 0 Å². The molecule has 0 aliphatic carbocycles. The van der Waals surface area contributed by atoms with Crippen molar-refractivity contribution in [2.24, 2.45) is 5.41 Å². The Morgan fingerprint density at radius 2 is 2.17 bits per heavy atom. The van der Waals surface area contributed by atoms with E-state index in [-0.39, 0.29) is 31.8 Å². The van der Waals surface area contributed by atoms with E-state index in [4.69, 9.17) is 4.74 Å². The fourth-order valence-electron chi connectivity index (χ4n) is 1.94. The lowest BCUT2D eigenvalue weighted by Gasteiger charge is -2.20. The lowest BCUT2D eigenvalue weighted by atomic mass is 9.78. The van der Waals surface area contributed by atoms with Gasteiger partial charge in [0.1, 0.15) is 17.8 Å². The van der Waals surface area contributed by atoms with E-state index in [1.54, 1.807) is 0 Å². The first-order valence-corrected chi connectivity index (χ1v) is 5.61. The normalized spacial score (nSPS) is 24.1. The van der Waals surface area contributed by atoms with Crippen molar-refractivity contribution in [2.75, 3.05) is 19.8 Å². The highest BCUT2D eigenvalue weighted by atomic mass is 19.4. The average molecular weight is 268 g/mol. The molecule has 1 atom stereocenters. The van der Waals surface area contributed by atoms with Crippen LogP contribution in [-0.2, 0) is 19.1 Å². The quantitative estimate of drug-likeness (QED) is 0.419. The topological polar surface area (TPSA) is 52.6 Å². The molecule has 1 saturated heterocycles. The second-order valence-electron chi connectivity index (χ2n) is 4.30. The highest BCUT2D eigenvalue weighted by molar-refractivity contribution is 6.03. The summed E-state index contributed by atoms with van der Waals surface area (Å²) in [6.07, 6.45) is -3.69. The van der Waals surface area contributed by atoms with Crippen molar-refractivity contribution < 1.29 is 32.2 Å². The number of alkyl halides is 3. The SMILES string of the molecule is CC(=O)C1(CCCOCC(F)(F)F)CCOC1=O. The van der Waals surface area contributed by atoms with Crippen LogP contribution in [0.15, 0.2) is 0 Å². The minimum atomic E-state index is -4.36. The van der Waals surface area contributed by atoms with Crippen molar-refractivity contribution in [1.29, 1.82) is 0 Å². The zero-order chi connectivity index (χ0) is 13.8. The summed E-state index contributed by atoms with van der Waals surface area (Å²) in [5.74, 6) is -0.883. The van der Waals surface area contributed by atoms with Crippen molar-refractivity contribution >= 4 is 11.8 Å². The Hall–Kier alpha value is -1.11. The third-order valence-corrected chi connectivity index (χ3v) is 2.98. The molecular weight excluding hydrogens is 253 g/mol. The van der Waals surface area contributed by atoms with Crippen molar-refractivity contribution in [3.63, 3.8) is 0 Å². The van der Waals surface area contributed by atoms with E-state index in [2.05, 4.69) is 4.74 Å². The predicted molar refractivity (Wildman–Crippen MR) is 54.8 cm³/mol. The van der Waals surface area contributed by atoms with E-state index >= 15 is 0 Å². The highest BCUT2D eigenvalue weighted by Gasteiger charge is 2.48. The zero-order valence-electron chi connectivity index (χ0n) is 10.0. The maximum absolute atomic E-state index is 11.8. The Kier molecular flexibility index (Phi) is 4.72. The molecule has 4 nitrogen and oxygen atoms in total. The molecule has 0 saturated carbocycles. The minimum Gasteiger partial charge on any atom is -0.465 e. The van der Waals surface area contributed by atoms with Crippen molar-refractivity contribution in [2.45, 2.75) is 32.4 Å². The first kappa shape index (κ1) is 14.9. The molecule has 1 heterocycles. The molecule has 1 aliphatic rings. The predicted octanol–water partition coefficient (Wildman–Crippen LogP) is 1.87. The van der Waals surface area contributed by atoms with Crippen LogP contribution in [0.1, 0.15) is 26.2 Å². The molecular formula is C11H15F3O4. The second-order valence-corrected chi connectivity index (χ2v) is 4.30. The van der Waals surface area contributed by atoms with Crippen molar-refractivity contribution in [3.05, 3.63) is 0 Å². The number of ether oxygens (including phenoxy) is 2. The molecule has 7 heteroatoms. The minimum absolute atomic E-state index is 0.137. The first-order valence-electron chi connectivity index (χ1n) is 5.61. The number of halogens is 3. The fraction of sp³-hybridized carbons (Fsp3) is 0.818. The Labute approximate surface area is 102 Å². The molecule has 1 rings (SSSR count). The maximum atomic E-state index is 11.8. The van der Waals surface area contributed by atoms with E-state index in [1.165, 1.54) is 6.92 Å². The van der Waals surface area contributed by atoms with Crippen LogP contribution in [0.25, 0.3) is 0 Å². The number of esters is 1. The summed E-state index contributed by atoms with van der Waals surface area (Å²) >= 11 is 0. The molecule has 1 fully saturated rings. The number of rotatable bonds is 6. The summed E-state index contributed by atoms with van der Waals surface area (Å²) in [7, 11) is 0. The number of hydrogen-bond acceptors (Lipinski definition) is 4. The number of ketones is 1. The van der Waals surface area contributed by atoms with E-state index in [0.29, 0.717) is 6.42 Å². The molecule has 18 heavy (non-hydrogen) atoms. The maximum Gasteiger partial charge on any atom is 0.411 e. The Morgan fingerprint density at radius 3 is 2.61 bits per heavy atom. The highest BCUT2D eigenvalue weighted by Crippen LogP contribution is 2.36. The molecule has 104 valence electrons. The summed E-state index contributed by atoms with van der Waals surface area (Å²) in [5.41, 5.74) is -1.18. The number of cyclic esters (lactones) is 1. The lowest BCUT2D eigenvalue weighted by molar-refractivity contribution is -0.174. The number of carbonyl (C=O) groups excluding carboxylic acids is 2. The standard InChI is InChI=1S/C11H15F3O4/c1-8(15)10(4-6-18-9(10)16)3-2-5-17-7-11(12,13)14/h2-7H2,1H3. The van der Waals surface area contributed by atoms with Gasteiger partial charge < -0.3 is 9.47 Å². The van der Waals surface area contributed by atoms with Gasteiger partial charge in [-0.25, -0.2) is 0 Å². The van der Waals surface area contributed by atoms with E-state index in [0.717, 1.165) is 0 Å². The van der Waals surface area contributed by atoms with Gasteiger partial charge >= 0.3 is 12.1 Å². The van der Waals surface area contributed by atoms with Gasteiger partial charge in [0.2, 0.25) is 0 Å². The third-order valence-electron chi connectivity index (χ3n) is 2.98. The molecule has 0 bridgehead atoms. The summed E-state index contributed by atoms with van der Waals surface area (Å²) in [4.78, 5) is 23.0. The van der Waals surface area contributed by atoms with Gasteiger partial charge in [0.15, 0.2) is 0 Å². The van der Waals surface area contributed by atoms with Crippen LogP contribution >= 0.6 is 0 Å². The Morgan fingerprint density at radius 1 is 1.50 bits per heavy atom. The number of carbonyl (C=O) groups is 2. The molecule has 1 aliphatic heterocycles. The van der Waals surface area contributed by atoms with E-state index in [1.807, 2.05) is 0 Å². The third kappa shape index (κ3) is 3.69. The molecule has 0 spiro atoms. The summed E-state index contributed by atoms with van der Waals surface area (Å²) in [6, 6.07) is 0. The Bertz CT molecular complexity index is 327. The smallest absolute Gasteiger partial charge is 0.411 e. The summed E-state index contributed by atoms with van der Waals surface area (Å²) in [6.45, 7) is 0.0251. The van der Waals surface area contributed by atoms with Crippen LogP contribution < -0.4 is 0 Å². The van der Waals surface area contributed by atoms with Crippen LogP contribution in [0.4, 0.5) is 13.2 Å². The molecule has 0 aromatic heterocycles. The van der Waals surface area contributed by atoms with Gasteiger partial charge in [0, 0.05) is 13.0 Å². The lowest BCUT2D eigenvalue weighted by Crippen LogP contribution is -2.34. The van der Waals surface area contributed by atoms with Gasteiger partial charge in [0.25, 0.3) is 0 Å². The van der Waals surface area contributed by atoms with Crippen LogP contribution in [-0.4, -0.2) is 37.7 Å². The van der Waals surface area contributed by atoms with Gasteiger partial charge in [-0.15, -0.1) is 0 Å². The Balaban J connectivity index is 2.36. The van der Waals surface area contributed by atoms with Gasteiger partial charge in [0.05, 0.1) is 6.61 Å². The largest absolute Gasteiger partial charge is 0.465 e. The van der Waals surface area contributed by atoms with Gasteiger partial charge in [-0.2, -0.15) is 13.2 Å². The zero-order valence-corrected chi connectivity index (χ0v) is 10.0. The van der Waals surface area contributed by atoms with Crippen LogP contribution in [0.3, 0.4) is 0 Å². The molecule has 0 aromatic rings. The summed E-state index contributed by atoms with van der Waals surface area (Å²) < 4.78 is 44.6. The molecule has 1 unspecified atom stereocenters. The molecule has 0 amide bonds. The van der Waals surface area contributed by atoms with Gasteiger partial charge in [-0.3, -0.25) is 9.59 Å². The van der Waals surface area contributed by atoms with Gasteiger partial charge in [-0.05, 0) is 19.8 Å². The van der Waals surface area contributed by atoms with Gasteiger partial charge in [-0.1, -0.05) is 0 Å². The van der Waals surface area contributed by atoms with E-state index < -0.39 is 24.2 Å². The first-order chi connectivity index (χ1) is 8.28. The van der Waals surface area contributed by atoms with Crippen LogP contribution in [0.5, 0.6) is 0 Å². The van der Waals surface area contributed by atoms with Crippen molar-refractivity contribution in [1.82, 2.24) is 0 Å². The average Bonchev–Trinajstić information content (AvgIpc) is 2.59. The number of hydrogen-bond donors (Lipinski definition) is 0. The number of Topliss-reactive ketones (excluding diaryl/α,β-unsaturated/α-hetero) is 1. The van der Waals surface area contributed by atoms with Crippen molar-refractivity contribution in [3.8, 4) is 0 Å². The monoisotopic (exact) mass is 268 g/mol. The molecule has 0 radical (unpaired) electrons. The molecule has 0 N–H and O–H groups in total. The van der Waals surface area contributed by atoms with Crippen LogP contribution in [0, 0.1) is 5.41 Å². The fourth-order valence-corrected chi connectivity index (χ4v) is 1.94. The summed E-state index contributed by atoms with van der Waals surface area (Å²) in [5, 5.41) is 0. The molecule has 0 aromatic carbocycles.